The Morgan fingerprint density at radius 1 is 1.06 bits per heavy atom. The van der Waals surface area contributed by atoms with Gasteiger partial charge in [0.2, 0.25) is 0 Å². The van der Waals surface area contributed by atoms with Crippen molar-refractivity contribution >= 4 is 12.3 Å². The Morgan fingerprint density at radius 2 is 1.74 bits per heavy atom. The Morgan fingerprint density at radius 3 is 2.31 bits per heavy atom. The van der Waals surface area contributed by atoms with Gasteiger partial charge in [-0.05, 0) is 46.4 Å². The van der Waals surface area contributed by atoms with E-state index in [0.29, 0.717) is 5.75 Å². The van der Waals surface area contributed by atoms with Crippen LogP contribution >= 0.6 is 0 Å². The van der Waals surface area contributed by atoms with E-state index in [-0.39, 0.29) is 36.8 Å². The minimum atomic E-state index is -4.77. The molecular formula is C27H25F3O5. The van der Waals surface area contributed by atoms with Crippen molar-refractivity contribution in [2.45, 2.75) is 39.0 Å². The van der Waals surface area contributed by atoms with Gasteiger partial charge in [-0.15, -0.1) is 0 Å². The summed E-state index contributed by atoms with van der Waals surface area (Å²) in [5.41, 5.74) is 2.25. The summed E-state index contributed by atoms with van der Waals surface area (Å²) in [5.74, 6) is -0.778. The standard InChI is InChI=1S/C27H25F3O5/c1-16(2)22-12-17(13-25(32)34-3)4-10-21(22)18-5-8-20(9-6-18)35-15-19-7-11-24(27(28,29)30)26(33)23(19)14-31/h4-12,14,16,33H,13,15H2,1-3H3. The molecule has 0 unspecified atom stereocenters. The van der Waals surface area contributed by atoms with Gasteiger partial charge in [-0.2, -0.15) is 13.2 Å². The Bertz CT molecular complexity index is 1210. The quantitative estimate of drug-likeness (QED) is 0.298. The first kappa shape index (κ1) is 25.8. The van der Waals surface area contributed by atoms with Crippen LogP contribution in [0.25, 0.3) is 11.1 Å². The van der Waals surface area contributed by atoms with E-state index >= 15 is 0 Å². The van der Waals surface area contributed by atoms with Crippen molar-refractivity contribution in [3.8, 4) is 22.6 Å². The monoisotopic (exact) mass is 486 g/mol. The van der Waals surface area contributed by atoms with E-state index in [1.807, 2.05) is 30.3 Å². The molecule has 0 aromatic heterocycles. The molecule has 0 aliphatic carbocycles. The summed E-state index contributed by atoms with van der Waals surface area (Å²) >= 11 is 0. The highest BCUT2D eigenvalue weighted by Crippen LogP contribution is 2.38. The molecule has 5 nitrogen and oxygen atoms in total. The Balaban J connectivity index is 1.80. The maximum absolute atomic E-state index is 13.0. The van der Waals surface area contributed by atoms with Crippen molar-refractivity contribution in [3.05, 3.63) is 82.4 Å². The lowest BCUT2D eigenvalue weighted by atomic mass is 9.90. The summed E-state index contributed by atoms with van der Waals surface area (Å²) in [6, 6.07) is 14.8. The molecule has 1 N–H and O–H groups in total. The van der Waals surface area contributed by atoms with Gasteiger partial charge < -0.3 is 14.6 Å². The number of aromatic hydroxyl groups is 1. The Kier molecular flexibility index (Phi) is 7.84. The average molecular weight is 486 g/mol. The van der Waals surface area contributed by atoms with Gasteiger partial charge in [0.05, 0.1) is 24.7 Å². The second-order valence-electron chi connectivity index (χ2n) is 8.29. The fraction of sp³-hybridized carbons (Fsp3) is 0.259. The predicted molar refractivity (Wildman–Crippen MR) is 125 cm³/mol. The zero-order chi connectivity index (χ0) is 25.8. The summed E-state index contributed by atoms with van der Waals surface area (Å²) in [6.45, 7) is 3.92. The number of methoxy groups -OCH3 is 1. The number of carbonyl (C=O) groups is 2. The molecule has 0 fully saturated rings. The molecule has 0 aliphatic heterocycles. The second kappa shape index (κ2) is 10.6. The molecule has 184 valence electrons. The first-order valence-corrected chi connectivity index (χ1v) is 10.8. The lowest BCUT2D eigenvalue weighted by molar-refractivity contribution is -0.140. The Labute approximate surface area is 201 Å². The number of carbonyl (C=O) groups excluding carboxylic acids is 2. The number of esters is 1. The van der Waals surface area contributed by atoms with E-state index in [1.54, 1.807) is 12.1 Å². The fourth-order valence-corrected chi connectivity index (χ4v) is 3.73. The highest BCUT2D eigenvalue weighted by molar-refractivity contribution is 5.82. The zero-order valence-electron chi connectivity index (χ0n) is 19.5. The van der Waals surface area contributed by atoms with E-state index < -0.39 is 23.1 Å². The number of hydrogen-bond donors (Lipinski definition) is 1. The van der Waals surface area contributed by atoms with E-state index in [2.05, 4.69) is 13.8 Å². The van der Waals surface area contributed by atoms with Crippen LogP contribution in [-0.4, -0.2) is 24.5 Å². The molecule has 0 saturated heterocycles. The van der Waals surface area contributed by atoms with E-state index in [4.69, 9.17) is 9.47 Å². The van der Waals surface area contributed by atoms with Crippen LogP contribution in [0, 0.1) is 0 Å². The highest BCUT2D eigenvalue weighted by Gasteiger charge is 2.35. The van der Waals surface area contributed by atoms with E-state index in [1.165, 1.54) is 7.11 Å². The number of alkyl halides is 3. The molecule has 3 aromatic carbocycles. The van der Waals surface area contributed by atoms with Crippen molar-refractivity contribution in [3.63, 3.8) is 0 Å². The van der Waals surface area contributed by atoms with Gasteiger partial charge in [-0.25, -0.2) is 0 Å². The van der Waals surface area contributed by atoms with Crippen LogP contribution in [0.15, 0.2) is 54.6 Å². The van der Waals surface area contributed by atoms with Gasteiger partial charge in [-0.1, -0.05) is 50.2 Å². The molecule has 35 heavy (non-hydrogen) atoms. The second-order valence-corrected chi connectivity index (χ2v) is 8.29. The lowest BCUT2D eigenvalue weighted by Crippen LogP contribution is -2.09. The summed E-state index contributed by atoms with van der Waals surface area (Å²) in [4.78, 5) is 22.9. The van der Waals surface area contributed by atoms with Crippen molar-refractivity contribution in [2.75, 3.05) is 7.11 Å². The number of hydrogen-bond acceptors (Lipinski definition) is 5. The maximum atomic E-state index is 13.0. The number of halogens is 3. The topological polar surface area (TPSA) is 72.8 Å². The van der Waals surface area contributed by atoms with Gasteiger partial charge >= 0.3 is 12.1 Å². The maximum Gasteiger partial charge on any atom is 0.419 e. The van der Waals surface area contributed by atoms with E-state index in [0.717, 1.165) is 34.4 Å². The summed E-state index contributed by atoms with van der Waals surface area (Å²) in [7, 11) is 1.35. The van der Waals surface area contributed by atoms with Crippen LogP contribution in [0.4, 0.5) is 13.2 Å². The first-order chi connectivity index (χ1) is 16.5. The van der Waals surface area contributed by atoms with Crippen LogP contribution in [0.1, 0.15) is 52.4 Å². The number of aldehydes is 1. The molecule has 0 heterocycles. The fourth-order valence-electron chi connectivity index (χ4n) is 3.73. The van der Waals surface area contributed by atoms with Crippen molar-refractivity contribution in [1.29, 1.82) is 0 Å². The third-order valence-corrected chi connectivity index (χ3v) is 5.60. The lowest BCUT2D eigenvalue weighted by Gasteiger charge is -2.16. The molecule has 0 radical (unpaired) electrons. The van der Waals surface area contributed by atoms with Gasteiger partial charge in [0.1, 0.15) is 18.1 Å². The highest BCUT2D eigenvalue weighted by atomic mass is 19.4. The molecule has 0 saturated carbocycles. The summed E-state index contributed by atoms with van der Waals surface area (Å²) in [6.07, 6.45) is -4.40. The van der Waals surface area contributed by atoms with Crippen molar-refractivity contribution in [1.82, 2.24) is 0 Å². The summed E-state index contributed by atoms with van der Waals surface area (Å²) < 4.78 is 49.3. The SMILES string of the molecule is COC(=O)Cc1ccc(-c2ccc(OCc3ccc(C(F)(F)F)c(O)c3C=O)cc2)c(C(C)C)c1. The van der Waals surface area contributed by atoms with Crippen molar-refractivity contribution in [2.24, 2.45) is 0 Å². The number of phenols is 1. The molecule has 3 aromatic rings. The average Bonchev–Trinajstić information content (AvgIpc) is 2.82. The molecular weight excluding hydrogens is 461 g/mol. The number of rotatable bonds is 8. The minimum Gasteiger partial charge on any atom is -0.507 e. The smallest absolute Gasteiger partial charge is 0.419 e. The molecule has 0 atom stereocenters. The molecule has 0 aliphatic rings. The molecule has 0 bridgehead atoms. The van der Waals surface area contributed by atoms with Crippen LogP contribution in [0.2, 0.25) is 0 Å². The predicted octanol–water partition coefficient (Wildman–Crippen LogP) is 6.31. The third-order valence-electron chi connectivity index (χ3n) is 5.60. The number of benzene rings is 3. The Hall–Kier alpha value is -3.81. The zero-order valence-corrected chi connectivity index (χ0v) is 19.5. The number of phenolic OH excluding ortho intramolecular Hbond substituents is 1. The number of ether oxygens (including phenoxy) is 2. The molecule has 0 spiro atoms. The first-order valence-electron chi connectivity index (χ1n) is 10.8. The normalized spacial score (nSPS) is 11.4. The third kappa shape index (κ3) is 6.01. The largest absolute Gasteiger partial charge is 0.507 e. The van der Waals surface area contributed by atoms with Gasteiger partial charge in [-0.3, -0.25) is 9.59 Å². The molecule has 8 heteroatoms. The van der Waals surface area contributed by atoms with E-state index in [9.17, 15) is 27.9 Å². The van der Waals surface area contributed by atoms with Crippen LogP contribution in [-0.2, 0) is 28.7 Å². The molecule has 0 amide bonds. The minimum absolute atomic E-state index is 0.137. The summed E-state index contributed by atoms with van der Waals surface area (Å²) in [5, 5.41) is 9.89. The van der Waals surface area contributed by atoms with Gasteiger partial charge in [0.15, 0.2) is 6.29 Å². The van der Waals surface area contributed by atoms with Gasteiger partial charge in [0.25, 0.3) is 0 Å². The van der Waals surface area contributed by atoms with Crippen molar-refractivity contribution < 1.29 is 37.3 Å². The van der Waals surface area contributed by atoms with Crippen LogP contribution < -0.4 is 4.74 Å². The van der Waals surface area contributed by atoms with Gasteiger partial charge in [0, 0.05) is 5.56 Å². The van der Waals surface area contributed by atoms with Crippen LogP contribution in [0.5, 0.6) is 11.5 Å². The molecule has 3 rings (SSSR count). The van der Waals surface area contributed by atoms with Crippen LogP contribution in [0.3, 0.4) is 0 Å².